The van der Waals surface area contributed by atoms with Gasteiger partial charge in [-0.3, -0.25) is 4.79 Å². The van der Waals surface area contributed by atoms with Gasteiger partial charge in [0.15, 0.2) is 0 Å². The molecule has 18 heavy (non-hydrogen) atoms. The maximum absolute atomic E-state index is 11.9. The summed E-state index contributed by atoms with van der Waals surface area (Å²) >= 11 is 6.00. The van der Waals surface area contributed by atoms with Crippen molar-refractivity contribution in [1.29, 1.82) is 0 Å². The molecule has 1 fully saturated rings. The van der Waals surface area contributed by atoms with Crippen molar-refractivity contribution in [3.8, 4) is 0 Å². The standard InChI is InChI=1S/C13H17ClN2O2/c1-18-13(5-2-6-13)8-12(17)16-11-4-3-9(15)7-10(11)14/h3-4,7H,2,5-6,8,15H2,1H3,(H,16,17). The van der Waals surface area contributed by atoms with Crippen LogP contribution >= 0.6 is 11.6 Å². The number of carbonyl (C=O) groups is 1. The van der Waals surface area contributed by atoms with Crippen molar-refractivity contribution < 1.29 is 9.53 Å². The molecule has 1 aromatic carbocycles. The molecule has 0 unspecified atom stereocenters. The molecule has 0 atom stereocenters. The van der Waals surface area contributed by atoms with E-state index in [-0.39, 0.29) is 11.5 Å². The summed E-state index contributed by atoms with van der Waals surface area (Å²) in [4.78, 5) is 11.9. The molecule has 98 valence electrons. The predicted octanol–water partition coefficient (Wildman–Crippen LogP) is 2.82. The minimum absolute atomic E-state index is 0.0804. The van der Waals surface area contributed by atoms with Gasteiger partial charge < -0.3 is 15.8 Å². The number of nitrogen functional groups attached to an aromatic ring is 1. The highest BCUT2D eigenvalue weighted by molar-refractivity contribution is 6.34. The lowest BCUT2D eigenvalue weighted by Crippen LogP contribution is -2.42. The summed E-state index contributed by atoms with van der Waals surface area (Å²) in [5.74, 6) is -0.0804. The molecule has 0 bridgehead atoms. The van der Waals surface area contributed by atoms with E-state index < -0.39 is 0 Å². The Labute approximate surface area is 111 Å². The second-order valence-corrected chi connectivity index (χ2v) is 5.11. The fraction of sp³-hybridized carbons (Fsp3) is 0.462. The second kappa shape index (κ2) is 5.16. The molecule has 1 aliphatic carbocycles. The maximum atomic E-state index is 11.9. The van der Waals surface area contributed by atoms with E-state index in [4.69, 9.17) is 22.1 Å². The molecule has 1 aromatic rings. The molecule has 0 aliphatic heterocycles. The molecule has 0 aromatic heterocycles. The SMILES string of the molecule is COC1(CC(=O)Nc2ccc(N)cc2Cl)CCC1. The van der Waals surface area contributed by atoms with Crippen LogP contribution in [0.2, 0.25) is 5.02 Å². The topological polar surface area (TPSA) is 64.3 Å². The van der Waals surface area contributed by atoms with Crippen LogP contribution in [-0.2, 0) is 9.53 Å². The number of hydrogen-bond donors (Lipinski definition) is 2. The lowest BCUT2D eigenvalue weighted by atomic mass is 9.77. The van der Waals surface area contributed by atoms with Gasteiger partial charge in [-0.25, -0.2) is 0 Å². The zero-order valence-corrected chi connectivity index (χ0v) is 11.1. The molecule has 5 heteroatoms. The van der Waals surface area contributed by atoms with Gasteiger partial charge in [0.05, 0.1) is 22.7 Å². The molecule has 0 spiro atoms. The lowest BCUT2D eigenvalue weighted by molar-refractivity contribution is -0.129. The molecule has 3 N–H and O–H groups in total. The van der Waals surface area contributed by atoms with Gasteiger partial charge in [-0.2, -0.15) is 0 Å². The first-order valence-corrected chi connectivity index (χ1v) is 6.32. The lowest BCUT2D eigenvalue weighted by Gasteiger charge is -2.39. The number of halogens is 1. The van der Waals surface area contributed by atoms with Crippen molar-refractivity contribution in [3.63, 3.8) is 0 Å². The minimum Gasteiger partial charge on any atom is -0.399 e. The van der Waals surface area contributed by atoms with E-state index in [1.165, 1.54) is 0 Å². The first-order chi connectivity index (χ1) is 8.54. The number of methoxy groups -OCH3 is 1. The molecule has 2 rings (SSSR count). The van der Waals surface area contributed by atoms with Gasteiger partial charge in [0.1, 0.15) is 0 Å². The maximum Gasteiger partial charge on any atom is 0.227 e. The second-order valence-electron chi connectivity index (χ2n) is 4.70. The van der Waals surface area contributed by atoms with Crippen molar-refractivity contribution in [2.75, 3.05) is 18.2 Å². The summed E-state index contributed by atoms with van der Waals surface area (Å²) in [6.07, 6.45) is 3.35. The van der Waals surface area contributed by atoms with E-state index in [1.807, 2.05) is 0 Å². The van der Waals surface area contributed by atoms with Crippen LogP contribution in [0.25, 0.3) is 0 Å². The predicted molar refractivity (Wildman–Crippen MR) is 72.7 cm³/mol. The van der Waals surface area contributed by atoms with Crippen LogP contribution in [0.5, 0.6) is 0 Å². The van der Waals surface area contributed by atoms with Crippen molar-refractivity contribution in [3.05, 3.63) is 23.2 Å². The van der Waals surface area contributed by atoms with E-state index in [1.54, 1.807) is 25.3 Å². The summed E-state index contributed by atoms with van der Waals surface area (Å²) in [6.45, 7) is 0. The highest BCUT2D eigenvalue weighted by Gasteiger charge is 2.39. The van der Waals surface area contributed by atoms with Crippen LogP contribution in [0.1, 0.15) is 25.7 Å². The summed E-state index contributed by atoms with van der Waals surface area (Å²) in [6, 6.07) is 5.03. The zero-order valence-electron chi connectivity index (χ0n) is 10.3. The van der Waals surface area contributed by atoms with Crippen molar-refractivity contribution in [1.82, 2.24) is 0 Å². The fourth-order valence-electron chi connectivity index (χ4n) is 2.14. The number of anilines is 2. The summed E-state index contributed by atoms with van der Waals surface area (Å²) in [5, 5.41) is 3.24. The van der Waals surface area contributed by atoms with Crippen molar-refractivity contribution in [2.45, 2.75) is 31.3 Å². The molecule has 1 aliphatic rings. The Kier molecular flexibility index (Phi) is 3.78. The van der Waals surface area contributed by atoms with Crippen LogP contribution in [-0.4, -0.2) is 18.6 Å². The normalized spacial score (nSPS) is 17.0. The van der Waals surface area contributed by atoms with Crippen molar-refractivity contribution >= 4 is 28.9 Å². The third-order valence-corrected chi connectivity index (χ3v) is 3.76. The van der Waals surface area contributed by atoms with Gasteiger partial charge in [-0.15, -0.1) is 0 Å². The van der Waals surface area contributed by atoms with Gasteiger partial charge >= 0.3 is 0 Å². The molecular weight excluding hydrogens is 252 g/mol. The number of ether oxygens (including phenoxy) is 1. The van der Waals surface area contributed by atoms with E-state index in [9.17, 15) is 4.79 Å². The molecule has 1 amide bonds. The number of nitrogens with one attached hydrogen (secondary N) is 1. The van der Waals surface area contributed by atoms with Gasteiger partial charge in [0, 0.05) is 12.8 Å². The first-order valence-electron chi connectivity index (χ1n) is 5.95. The average Bonchev–Trinajstić information content (AvgIpc) is 2.27. The summed E-state index contributed by atoms with van der Waals surface area (Å²) in [7, 11) is 1.66. The Morgan fingerprint density at radius 3 is 2.78 bits per heavy atom. The van der Waals surface area contributed by atoms with Crippen LogP contribution in [0.15, 0.2) is 18.2 Å². The van der Waals surface area contributed by atoms with E-state index in [0.717, 1.165) is 19.3 Å². The Bertz CT molecular complexity index is 453. The Morgan fingerprint density at radius 2 is 2.28 bits per heavy atom. The Hall–Kier alpha value is -1.26. The van der Waals surface area contributed by atoms with Gasteiger partial charge in [-0.1, -0.05) is 11.6 Å². The van der Waals surface area contributed by atoms with Crippen LogP contribution < -0.4 is 11.1 Å². The highest BCUT2D eigenvalue weighted by Crippen LogP contribution is 2.38. The van der Waals surface area contributed by atoms with E-state index >= 15 is 0 Å². The molecule has 4 nitrogen and oxygen atoms in total. The summed E-state index contributed by atoms with van der Waals surface area (Å²) in [5.41, 5.74) is 6.48. The van der Waals surface area contributed by atoms with Crippen LogP contribution in [0, 0.1) is 0 Å². The molecule has 0 heterocycles. The number of amides is 1. The third-order valence-electron chi connectivity index (χ3n) is 3.45. The highest BCUT2D eigenvalue weighted by atomic mass is 35.5. The fourth-order valence-corrected chi connectivity index (χ4v) is 2.38. The zero-order chi connectivity index (χ0) is 13.2. The monoisotopic (exact) mass is 268 g/mol. The summed E-state index contributed by atoms with van der Waals surface area (Å²) < 4.78 is 5.42. The Morgan fingerprint density at radius 1 is 1.56 bits per heavy atom. The number of nitrogens with two attached hydrogens (primary N) is 1. The van der Waals surface area contributed by atoms with Crippen LogP contribution in [0.4, 0.5) is 11.4 Å². The van der Waals surface area contributed by atoms with Gasteiger partial charge in [-0.05, 0) is 37.5 Å². The molecule has 0 saturated heterocycles. The molecular formula is C13H17ClN2O2. The smallest absolute Gasteiger partial charge is 0.227 e. The number of benzene rings is 1. The van der Waals surface area contributed by atoms with Crippen molar-refractivity contribution in [2.24, 2.45) is 0 Å². The van der Waals surface area contributed by atoms with Gasteiger partial charge in [0.25, 0.3) is 0 Å². The van der Waals surface area contributed by atoms with E-state index in [2.05, 4.69) is 5.32 Å². The molecule has 0 radical (unpaired) electrons. The third kappa shape index (κ3) is 2.76. The quantitative estimate of drug-likeness (QED) is 0.826. The number of hydrogen-bond acceptors (Lipinski definition) is 3. The number of carbonyl (C=O) groups excluding carboxylic acids is 1. The van der Waals surface area contributed by atoms with Gasteiger partial charge in [0.2, 0.25) is 5.91 Å². The van der Waals surface area contributed by atoms with E-state index in [0.29, 0.717) is 22.8 Å². The molecule has 1 saturated carbocycles. The largest absolute Gasteiger partial charge is 0.399 e. The number of rotatable bonds is 4. The van der Waals surface area contributed by atoms with Crippen LogP contribution in [0.3, 0.4) is 0 Å². The minimum atomic E-state index is -0.273. The first kappa shape index (κ1) is 13.2. The average molecular weight is 269 g/mol. The Balaban J connectivity index is 1.98.